The number of aryl methyl sites for hydroxylation is 2. The first-order valence-electron chi connectivity index (χ1n) is 14.7. The molecular weight excluding hydrogens is 568 g/mol. The lowest BCUT2D eigenvalue weighted by Crippen LogP contribution is -2.55. The van der Waals surface area contributed by atoms with Crippen molar-refractivity contribution in [1.29, 1.82) is 0 Å². The molecule has 0 bridgehead atoms. The Hall–Kier alpha value is -3.59. The number of carbonyl (C=O) groups is 4. The summed E-state index contributed by atoms with van der Waals surface area (Å²) in [5.41, 5.74) is 7.27. The predicted molar refractivity (Wildman–Crippen MR) is 171 cm³/mol. The molecule has 0 fully saturated rings. The number of benzene rings is 2. The Morgan fingerprint density at radius 3 is 2.12 bits per heavy atom. The van der Waals surface area contributed by atoms with Crippen molar-refractivity contribution >= 4 is 41.1 Å². The molecule has 0 aliphatic carbocycles. The maximum Gasteiger partial charge on any atom is 0.408 e. The molecule has 9 nitrogen and oxygen atoms in total. The van der Waals surface area contributed by atoms with E-state index in [1.54, 1.807) is 32.9 Å². The summed E-state index contributed by atoms with van der Waals surface area (Å²) in [5, 5.41) is 5.98. The number of hydrogen-bond donors (Lipinski definition) is 3. The molecule has 0 radical (unpaired) electrons. The number of nitrogens with two attached hydrogens (primary N) is 1. The maximum absolute atomic E-state index is 14.6. The fraction of sp³-hybridized carbons (Fsp3) is 0.515. The van der Waals surface area contributed by atoms with E-state index in [-0.39, 0.29) is 12.8 Å². The first kappa shape index (κ1) is 35.6. The Balaban J connectivity index is 2.69. The zero-order chi connectivity index (χ0) is 32.5. The van der Waals surface area contributed by atoms with E-state index >= 15 is 0 Å². The number of nitrogens with one attached hydrogen (secondary N) is 2. The Labute approximate surface area is 260 Å². The lowest BCUT2D eigenvalue weighted by molar-refractivity contribution is -0.143. The van der Waals surface area contributed by atoms with Gasteiger partial charge >= 0.3 is 6.09 Å². The van der Waals surface area contributed by atoms with Gasteiger partial charge in [0.25, 0.3) is 5.91 Å². The van der Waals surface area contributed by atoms with Gasteiger partial charge in [0.1, 0.15) is 17.7 Å². The predicted octanol–water partition coefficient (Wildman–Crippen LogP) is 6.45. The quantitative estimate of drug-likeness (QED) is 0.239. The SMILES string of the molecule is Cc1ccccc1C(C(=O)Nc1c(C)cccc1Cl)N(C(=O)C(CCC(N)=O)NC(=O)OC(C)(C)C)C(C)CCC(C)C. The average Bonchev–Trinajstić information content (AvgIpc) is 2.89. The molecule has 0 aliphatic rings. The summed E-state index contributed by atoms with van der Waals surface area (Å²) in [6.07, 6.45) is 0.364. The summed E-state index contributed by atoms with van der Waals surface area (Å²) in [6, 6.07) is 10.0. The van der Waals surface area contributed by atoms with Crippen LogP contribution in [-0.4, -0.2) is 46.4 Å². The molecule has 4 amide bonds. The Bertz CT molecular complexity index is 1270. The van der Waals surface area contributed by atoms with Gasteiger partial charge in [0.05, 0.1) is 10.7 Å². The smallest absolute Gasteiger partial charge is 0.408 e. The highest BCUT2D eigenvalue weighted by atomic mass is 35.5. The van der Waals surface area contributed by atoms with E-state index in [9.17, 15) is 19.2 Å². The Morgan fingerprint density at radius 1 is 0.930 bits per heavy atom. The van der Waals surface area contributed by atoms with Crippen LogP contribution in [0.3, 0.4) is 0 Å². The van der Waals surface area contributed by atoms with Crippen LogP contribution < -0.4 is 16.4 Å². The van der Waals surface area contributed by atoms with E-state index in [1.807, 2.05) is 51.1 Å². The molecular formula is C33H47ClN4O5. The minimum atomic E-state index is -1.18. The van der Waals surface area contributed by atoms with E-state index in [0.29, 0.717) is 28.6 Å². The monoisotopic (exact) mass is 614 g/mol. The van der Waals surface area contributed by atoms with Crippen LogP contribution in [0.2, 0.25) is 5.02 Å². The highest BCUT2D eigenvalue weighted by Gasteiger charge is 2.39. The van der Waals surface area contributed by atoms with Gasteiger partial charge in [0.2, 0.25) is 11.8 Å². The van der Waals surface area contributed by atoms with Crippen LogP contribution in [0.5, 0.6) is 0 Å². The summed E-state index contributed by atoms with van der Waals surface area (Å²) in [4.78, 5) is 55.0. The molecule has 0 aliphatic heterocycles. The van der Waals surface area contributed by atoms with Crippen LogP contribution in [0.4, 0.5) is 10.5 Å². The zero-order valence-electron chi connectivity index (χ0n) is 26.6. The van der Waals surface area contributed by atoms with Gasteiger partial charge in [-0.15, -0.1) is 0 Å². The number of rotatable bonds is 13. The van der Waals surface area contributed by atoms with Crippen molar-refractivity contribution in [3.8, 4) is 0 Å². The van der Waals surface area contributed by atoms with Gasteiger partial charge in [-0.25, -0.2) is 4.79 Å². The molecule has 0 saturated carbocycles. The van der Waals surface area contributed by atoms with Crippen LogP contribution >= 0.6 is 11.6 Å². The minimum Gasteiger partial charge on any atom is -0.444 e. The minimum absolute atomic E-state index is 0.0630. The molecule has 0 heterocycles. The van der Waals surface area contributed by atoms with Gasteiger partial charge < -0.3 is 26.0 Å². The molecule has 0 saturated heterocycles. The van der Waals surface area contributed by atoms with Gasteiger partial charge in [-0.1, -0.05) is 61.8 Å². The number of anilines is 1. The lowest BCUT2D eigenvalue weighted by atomic mass is 9.94. The zero-order valence-corrected chi connectivity index (χ0v) is 27.4. The Kier molecular flexibility index (Phi) is 13.0. The molecule has 236 valence electrons. The van der Waals surface area contributed by atoms with Crippen molar-refractivity contribution in [3.63, 3.8) is 0 Å². The third-order valence-electron chi connectivity index (χ3n) is 7.04. The molecule has 10 heteroatoms. The number of alkyl carbamates (subject to hydrolysis) is 1. The second-order valence-corrected chi connectivity index (χ2v) is 12.9. The fourth-order valence-electron chi connectivity index (χ4n) is 4.78. The topological polar surface area (TPSA) is 131 Å². The standard InChI is InChI=1S/C33H47ClN4O5/c1-20(2)16-17-23(5)38(31(41)26(18-19-27(35)39)36-32(42)43-33(6,7)8)29(24-14-10-9-12-21(24)3)30(40)37-28-22(4)13-11-15-25(28)34/h9-15,20,23,26,29H,16-19H2,1-8H3,(H2,35,39)(H,36,42)(H,37,40). The van der Waals surface area contributed by atoms with E-state index in [0.717, 1.165) is 17.5 Å². The molecule has 3 atom stereocenters. The number of nitrogens with zero attached hydrogens (tertiary/aromatic N) is 1. The Morgan fingerprint density at radius 2 is 1.56 bits per heavy atom. The van der Waals surface area contributed by atoms with E-state index in [4.69, 9.17) is 22.1 Å². The third-order valence-corrected chi connectivity index (χ3v) is 7.35. The summed E-state index contributed by atoms with van der Waals surface area (Å²) in [7, 11) is 0. The number of halogens is 1. The van der Waals surface area contributed by atoms with Crippen molar-refractivity contribution in [2.24, 2.45) is 11.7 Å². The maximum atomic E-state index is 14.6. The number of para-hydroxylation sites is 1. The van der Waals surface area contributed by atoms with Crippen LogP contribution in [0.1, 0.15) is 90.0 Å². The number of ether oxygens (including phenoxy) is 1. The third kappa shape index (κ3) is 10.9. The van der Waals surface area contributed by atoms with Crippen molar-refractivity contribution in [3.05, 3.63) is 64.2 Å². The molecule has 3 unspecified atom stereocenters. The van der Waals surface area contributed by atoms with E-state index in [1.165, 1.54) is 4.90 Å². The molecule has 0 aromatic heterocycles. The molecule has 4 N–H and O–H groups in total. The van der Waals surface area contributed by atoms with Gasteiger partial charge in [-0.2, -0.15) is 0 Å². The number of carbonyl (C=O) groups excluding carboxylic acids is 4. The first-order valence-corrected chi connectivity index (χ1v) is 15.1. The van der Waals surface area contributed by atoms with Gasteiger partial charge in [-0.3, -0.25) is 14.4 Å². The van der Waals surface area contributed by atoms with Crippen LogP contribution in [0.15, 0.2) is 42.5 Å². The van der Waals surface area contributed by atoms with Crippen molar-refractivity contribution in [1.82, 2.24) is 10.2 Å². The average molecular weight is 615 g/mol. The lowest BCUT2D eigenvalue weighted by Gasteiger charge is -2.39. The van der Waals surface area contributed by atoms with Crippen molar-refractivity contribution in [2.45, 2.75) is 105 Å². The van der Waals surface area contributed by atoms with Gasteiger partial charge in [-0.05, 0) is 89.5 Å². The van der Waals surface area contributed by atoms with E-state index in [2.05, 4.69) is 24.5 Å². The second-order valence-electron chi connectivity index (χ2n) is 12.4. The summed E-state index contributed by atoms with van der Waals surface area (Å²) in [5.74, 6) is -1.25. The summed E-state index contributed by atoms with van der Waals surface area (Å²) < 4.78 is 5.43. The molecule has 0 spiro atoms. The summed E-state index contributed by atoms with van der Waals surface area (Å²) >= 11 is 6.48. The second kappa shape index (κ2) is 15.8. The molecule has 2 aromatic carbocycles. The summed E-state index contributed by atoms with van der Waals surface area (Å²) in [6.45, 7) is 14.9. The van der Waals surface area contributed by atoms with Gasteiger partial charge in [0.15, 0.2) is 0 Å². The van der Waals surface area contributed by atoms with Crippen LogP contribution in [0.25, 0.3) is 0 Å². The highest BCUT2D eigenvalue weighted by Crippen LogP contribution is 2.33. The highest BCUT2D eigenvalue weighted by molar-refractivity contribution is 6.34. The molecule has 43 heavy (non-hydrogen) atoms. The molecule has 2 rings (SSSR count). The van der Waals surface area contributed by atoms with Crippen LogP contribution in [0, 0.1) is 19.8 Å². The number of amides is 4. The fourth-order valence-corrected chi connectivity index (χ4v) is 5.05. The van der Waals surface area contributed by atoms with Crippen LogP contribution in [-0.2, 0) is 19.1 Å². The molecule has 2 aromatic rings. The normalized spacial score (nSPS) is 13.5. The number of hydrogen-bond acceptors (Lipinski definition) is 5. The van der Waals surface area contributed by atoms with Crippen molar-refractivity contribution in [2.75, 3.05) is 5.32 Å². The first-order chi connectivity index (χ1) is 20.0. The number of primary amides is 1. The largest absolute Gasteiger partial charge is 0.444 e. The van der Waals surface area contributed by atoms with Crippen molar-refractivity contribution < 1.29 is 23.9 Å². The van der Waals surface area contributed by atoms with E-state index < -0.39 is 47.5 Å². The van der Waals surface area contributed by atoms with Gasteiger partial charge in [0, 0.05) is 12.5 Å².